The van der Waals surface area contributed by atoms with E-state index < -0.39 is 6.61 Å². The molecular formula is C23H33F2N5O2. The van der Waals surface area contributed by atoms with Crippen LogP contribution >= 0.6 is 0 Å². The van der Waals surface area contributed by atoms with Gasteiger partial charge in [0.25, 0.3) is 0 Å². The number of anilines is 1. The summed E-state index contributed by atoms with van der Waals surface area (Å²) in [4.78, 5) is 11.1. The van der Waals surface area contributed by atoms with E-state index in [1.807, 2.05) is 12.1 Å². The highest BCUT2D eigenvalue weighted by Crippen LogP contribution is 2.35. The van der Waals surface area contributed by atoms with E-state index in [-0.39, 0.29) is 11.9 Å². The number of ether oxygens (including phenoxy) is 2. The van der Waals surface area contributed by atoms with Crippen LogP contribution in [0.5, 0.6) is 5.75 Å². The van der Waals surface area contributed by atoms with Gasteiger partial charge >= 0.3 is 6.61 Å². The summed E-state index contributed by atoms with van der Waals surface area (Å²) < 4.78 is 35.3. The molecule has 0 atom stereocenters. The van der Waals surface area contributed by atoms with Gasteiger partial charge in [0.15, 0.2) is 5.88 Å². The Balaban J connectivity index is 1.86. The van der Waals surface area contributed by atoms with Crippen molar-refractivity contribution in [2.45, 2.75) is 38.8 Å². The summed E-state index contributed by atoms with van der Waals surface area (Å²) >= 11 is 0. The first-order chi connectivity index (χ1) is 15.4. The van der Waals surface area contributed by atoms with Crippen LogP contribution in [-0.4, -0.2) is 68.3 Å². The van der Waals surface area contributed by atoms with E-state index in [0.29, 0.717) is 6.54 Å². The maximum absolute atomic E-state index is 12.6. The maximum atomic E-state index is 12.6. The monoisotopic (exact) mass is 449 g/mol. The molecule has 2 aliphatic rings. The third kappa shape index (κ3) is 5.63. The van der Waals surface area contributed by atoms with E-state index >= 15 is 0 Å². The lowest BCUT2D eigenvalue weighted by Crippen LogP contribution is -2.47. The minimum absolute atomic E-state index is 0.0667. The fourth-order valence-electron chi connectivity index (χ4n) is 4.25. The zero-order valence-electron chi connectivity index (χ0n) is 19.2. The van der Waals surface area contributed by atoms with Crippen molar-refractivity contribution in [1.82, 2.24) is 20.1 Å². The number of allylic oxidation sites excluding steroid dienone is 3. The van der Waals surface area contributed by atoms with Crippen LogP contribution in [0.15, 0.2) is 54.1 Å². The molecule has 9 heteroatoms. The van der Waals surface area contributed by atoms with E-state index in [4.69, 9.17) is 4.74 Å². The Hall–Kier alpha value is -2.97. The van der Waals surface area contributed by atoms with Gasteiger partial charge in [-0.15, -0.1) is 0 Å². The molecule has 2 aliphatic heterocycles. The molecule has 0 spiro atoms. The quantitative estimate of drug-likeness (QED) is 0.616. The van der Waals surface area contributed by atoms with Crippen molar-refractivity contribution >= 4 is 5.69 Å². The normalized spacial score (nSPS) is 17.5. The maximum Gasteiger partial charge on any atom is 0.388 e. The van der Waals surface area contributed by atoms with Gasteiger partial charge in [-0.25, -0.2) is 0 Å². The van der Waals surface area contributed by atoms with Crippen LogP contribution in [0.2, 0.25) is 0 Å². The number of aromatic nitrogens is 1. The van der Waals surface area contributed by atoms with Gasteiger partial charge in [-0.1, -0.05) is 6.92 Å². The molecule has 0 amide bonds. The summed E-state index contributed by atoms with van der Waals surface area (Å²) in [6.45, 7) is 1.50. The van der Waals surface area contributed by atoms with Crippen LogP contribution in [0.3, 0.4) is 0 Å². The van der Waals surface area contributed by atoms with Crippen molar-refractivity contribution in [3.8, 4) is 5.75 Å². The fourth-order valence-corrected chi connectivity index (χ4v) is 4.25. The van der Waals surface area contributed by atoms with E-state index in [1.165, 1.54) is 5.82 Å². The smallest absolute Gasteiger partial charge is 0.388 e. The molecule has 0 unspecified atom stereocenters. The number of methoxy groups -OCH3 is 1. The lowest BCUT2D eigenvalue weighted by atomic mass is 10.0. The van der Waals surface area contributed by atoms with Crippen LogP contribution in [0, 0.1) is 0 Å². The second-order valence-corrected chi connectivity index (χ2v) is 7.92. The standard InChI is InChI=1S/C23H33F2N5O2/c1-5-6-22(28(2)3)29-13-10-17(11-14-29)30(19-16-26-12-9-20(19)31-4)18-7-8-21(27-15-18)32-23(24)25/h6-9,12,16-17,23,27H,5,10-11,13-15H2,1-4H3/b22-6+. The highest BCUT2D eigenvalue weighted by molar-refractivity contribution is 5.62. The fraction of sp³-hybridized carbons (Fsp3) is 0.522. The predicted molar refractivity (Wildman–Crippen MR) is 121 cm³/mol. The summed E-state index contributed by atoms with van der Waals surface area (Å²) in [5.74, 6) is 2.03. The summed E-state index contributed by atoms with van der Waals surface area (Å²) in [5, 5.41) is 2.95. The Morgan fingerprint density at radius 2 is 2.06 bits per heavy atom. The number of nitrogens with zero attached hydrogens (tertiary/aromatic N) is 4. The number of pyridine rings is 1. The van der Waals surface area contributed by atoms with Gasteiger partial charge in [0.2, 0.25) is 0 Å². The summed E-state index contributed by atoms with van der Waals surface area (Å²) in [6.07, 6.45) is 12.0. The number of halogens is 2. The Morgan fingerprint density at radius 1 is 1.31 bits per heavy atom. The topological polar surface area (TPSA) is 53.1 Å². The molecule has 1 aromatic rings. The average Bonchev–Trinajstić information content (AvgIpc) is 2.79. The molecule has 3 heterocycles. The van der Waals surface area contributed by atoms with Gasteiger partial charge < -0.3 is 29.5 Å². The number of hydrogen-bond donors (Lipinski definition) is 1. The Labute approximate surface area is 189 Å². The number of alkyl halides is 2. The van der Waals surface area contributed by atoms with Crippen molar-refractivity contribution in [1.29, 1.82) is 0 Å². The van der Waals surface area contributed by atoms with Crippen LogP contribution in [0.4, 0.5) is 14.5 Å². The van der Waals surface area contributed by atoms with Crippen LogP contribution in [0.1, 0.15) is 26.2 Å². The SMILES string of the molecule is CC/C=C(\N(C)C)N1CCC(N(C2=CC=C(OC(F)F)NC2)c2cnccc2OC)CC1. The van der Waals surface area contributed by atoms with Crippen LogP contribution in [0.25, 0.3) is 0 Å². The predicted octanol–water partition coefficient (Wildman–Crippen LogP) is 3.74. The van der Waals surface area contributed by atoms with Crippen molar-refractivity contribution < 1.29 is 18.3 Å². The number of rotatable bonds is 9. The third-order valence-corrected chi connectivity index (χ3v) is 5.64. The zero-order chi connectivity index (χ0) is 23.1. The summed E-state index contributed by atoms with van der Waals surface area (Å²) in [7, 11) is 5.79. The molecule has 0 radical (unpaired) electrons. The van der Waals surface area contributed by atoms with Crippen LogP contribution in [-0.2, 0) is 4.74 Å². The molecule has 1 aromatic heterocycles. The molecule has 1 fully saturated rings. The summed E-state index contributed by atoms with van der Waals surface area (Å²) in [6, 6.07) is 2.05. The van der Waals surface area contributed by atoms with Crippen LogP contribution < -0.4 is 15.0 Å². The first kappa shape index (κ1) is 23.7. The number of dihydropyridines is 1. The molecule has 1 saturated heterocycles. The summed E-state index contributed by atoms with van der Waals surface area (Å²) in [5.41, 5.74) is 1.82. The lowest BCUT2D eigenvalue weighted by molar-refractivity contribution is -0.101. The minimum atomic E-state index is -2.86. The third-order valence-electron chi connectivity index (χ3n) is 5.64. The zero-order valence-corrected chi connectivity index (χ0v) is 19.2. The Bertz CT molecular complexity index is 849. The van der Waals surface area contributed by atoms with Crippen molar-refractivity contribution in [3.63, 3.8) is 0 Å². The largest absolute Gasteiger partial charge is 0.494 e. The number of likely N-dealkylation sites (tertiary alicyclic amines) is 1. The van der Waals surface area contributed by atoms with Crippen molar-refractivity contribution in [2.24, 2.45) is 0 Å². The second-order valence-electron chi connectivity index (χ2n) is 7.92. The van der Waals surface area contributed by atoms with Gasteiger partial charge in [0.05, 0.1) is 25.7 Å². The molecule has 1 N–H and O–H groups in total. The molecule has 0 saturated carbocycles. The molecule has 3 rings (SSSR count). The Morgan fingerprint density at radius 3 is 2.62 bits per heavy atom. The molecule has 7 nitrogen and oxygen atoms in total. The van der Waals surface area contributed by atoms with Gasteiger partial charge in [-0.2, -0.15) is 8.78 Å². The Kier molecular flexibility index (Phi) is 8.19. The lowest BCUT2D eigenvalue weighted by Gasteiger charge is -2.43. The minimum Gasteiger partial charge on any atom is -0.494 e. The number of piperidine rings is 1. The second kappa shape index (κ2) is 11.1. The van der Waals surface area contributed by atoms with E-state index in [1.54, 1.807) is 25.6 Å². The first-order valence-electron chi connectivity index (χ1n) is 10.9. The van der Waals surface area contributed by atoms with Gasteiger partial charge in [0, 0.05) is 51.2 Å². The molecule has 0 aliphatic carbocycles. The highest BCUT2D eigenvalue weighted by Gasteiger charge is 2.30. The average molecular weight is 450 g/mol. The molecule has 0 bridgehead atoms. The highest BCUT2D eigenvalue weighted by atomic mass is 19.3. The van der Waals surface area contributed by atoms with Gasteiger partial charge in [-0.05, 0) is 37.5 Å². The molecular weight excluding hydrogens is 416 g/mol. The first-order valence-corrected chi connectivity index (χ1v) is 10.9. The molecule has 176 valence electrons. The molecule has 0 aromatic carbocycles. The van der Waals surface area contributed by atoms with Crippen molar-refractivity contribution in [2.75, 3.05) is 45.7 Å². The van der Waals surface area contributed by atoms with Gasteiger partial charge in [0.1, 0.15) is 11.4 Å². The van der Waals surface area contributed by atoms with Crippen molar-refractivity contribution in [3.05, 3.63) is 54.1 Å². The van der Waals surface area contributed by atoms with E-state index in [9.17, 15) is 8.78 Å². The van der Waals surface area contributed by atoms with E-state index in [2.05, 4.69) is 56.8 Å². The number of nitrogens with one attached hydrogen (secondary N) is 1. The number of hydrogen-bond acceptors (Lipinski definition) is 7. The van der Waals surface area contributed by atoms with E-state index in [0.717, 1.165) is 49.5 Å². The molecule has 32 heavy (non-hydrogen) atoms. The van der Waals surface area contributed by atoms with Gasteiger partial charge in [-0.3, -0.25) is 4.98 Å².